The molecule has 0 saturated carbocycles. The van der Waals surface area contributed by atoms with Gasteiger partial charge in [0.15, 0.2) is 11.5 Å². The first-order valence-corrected chi connectivity index (χ1v) is 8.60. The van der Waals surface area contributed by atoms with Crippen molar-refractivity contribution in [1.29, 1.82) is 0 Å². The highest BCUT2D eigenvalue weighted by Crippen LogP contribution is 2.47. The van der Waals surface area contributed by atoms with Crippen molar-refractivity contribution >= 4 is 10.8 Å². The molecule has 0 radical (unpaired) electrons. The molecule has 0 unspecified atom stereocenters. The molecule has 8 heteroatoms. The lowest BCUT2D eigenvalue weighted by molar-refractivity contribution is -0.286. The fraction of sp³-hybridized carbons (Fsp3) is 0.0476. The highest BCUT2D eigenvalue weighted by Gasteiger charge is 2.45. The van der Waals surface area contributed by atoms with E-state index in [9.17, 15) is 18.0 Å². The van der Waals surface area contributed by atoms with E-state index in [4.69, 9.17) is 0 Å². The van der Waals surface area contributed by atoms with E-state index in [1.54, 1.807) is 30.3 Å². The second kappa shape index (κ2) is 6.10. The molecule has 3 aromatic carbocycles. The van der Waals surface area contributed by atoms with Crippen LogP contribution in [0, 0.1) is 5.82 Å². The van der Waals surface area contributed by atoms with Crippen LogP contribution >= 0.6 is 0 Å². The second-order valence-corrected chi connectivity index (χ2v) is 6.39. The standard InChI is InChI=1S/C21H11F3N2O3/c22-12-8-10-13(11-9-12)26-20(27)15-5-2-1-4-14(15)18(25-26)16-6-3-7-17-19(16)29-21(23,24)28-17/h1-11H. The maximum Gasteiger partial charge on any atom is 0.586 e. The predicted octanol–water partition coefficient (Wildman–Crippen LogP) is 4.51. The molecule has 1 aliphatic heterocycles. The first-order valence-electron chi connectivity index (χ1n) is 8.60. The molecule has 29 heavy (non-hydrogen) atoms. The van der Waals surface area contributed by atoms with Gasteiger partial charge in [-0.2, -0.15) is 9.78 Å². The number of benzene rings is 3. The van der Waals surface area contributed by atoms with E-state index in [2.05, 4.69) is 14.6 Å². The maximum atomic E-state index is 13.6. The van der Waals surface area contributed by atoms with Gasteiger partial charge in [0.25, 0.3) is 5.56 Å². The Bertz CT molecular complexity index is 1320. The number of nitrogens with zero attached hydrogens (tertiary/aromatic N) is 2. The van der Waals surface area contributed by atoms with Gasteiger partial charge < -0.3 is 9.47 Å². The number of aromatic nitrogens is 2. The Kier molecular flexibility index (Phi) is 3.64. The minimum Gasteiger partial charge on any atom is -0.395 e. The van der Waals surface area contributed by atoms with E-state index < -0.39 is 17.7 Å². The van der Waals surface area contributed by atoms with Crippen molar-refractivity contribution in [3.05, 3.63) is 82.9 Å². The molecule has 4 aromatic rings. The number of rotatable bonds is 2. The Morgan fingerprint density at radius 2 is 1.59 bits per heavy atom. The molecule has 144 valence electrons. The third-order valence-electron chi connectivity index (χ3n) is 4.56. The van der Waals surface area contributed by atoms with Crippen molar-refractivity contribution in [3.8, 4) is 28.4 Å². The number of halogens is 3. The summed E-state index contributed by atoms with van der Waals surface area (Å²) in [6.07, 6.45) is -3.79. The predicted molar refractivity (Wildman–Crippen MR) is 98.9 cm³/mol. The van der Waals surface area contributed by atoms with Crippen LogP contribution in [0.3, 0.4) is 0 Å². The first-order chi connectivity index (χ1) is 13.9. The summed E-state index contributed by atoms with van der Waals surface area (Å²) >= 11 is 0. The summed E-state index contributed by atoms with van der Waals surface area (Å²) in [4.78, 5) is 13.0. The van der Waals surface area contributed by atoms with Gasteiger partial charge in [0.05, 0.1) is 11.1 Å². The molecule has 0 saturated heterocycles. The van der Waals surface area contributed by atoms with Crippen molar-refractivity contribution in [2.45, 2.75) is 6.29 Å². The summed E-state index contributed by atoms with van der Waals surface area (Å²) in [5.41, 5.74) is 0.402. The number of hydrogen-bond acceptors (Lipinski definition) is 4. The molecular formula is C21H11F3N2O3. The van der Waals surface area contributed by atoms with Crippen molar-refractivity contribution in [2.24, 2.45) is 0 Å². The summed E-state index contributed by atoms with van der Waals surface area (Å²) in [6, 6.07) is 16.3. The summed E-state index contributed by atoms with van der Waals surface area (Å²) in [5, 5.41) is 5.18. The van der Waals surface area contributed by atoms with E-state index in [-0.39, 0.29) is 22.8 Å². The zero-order chi connectivity index (χ0) is 20.2. The number of fused-ring (bicyclic) bond motifs is 2. The normalized spacial score (nSPS) is 14.3. The van der Waals surface area contributed by atoms with E-state index in [0.29, 0.717) is 16.5 Å². The van der Waals surface area contributed by atoms with Crippen molar-refractivity contribution < 1.29 is 22.6 Å². The largest absolute Gasteiger partial charge is 0.586 e. The van der Waals surface area contributed by atoms with Gasteiger partial charge in [0.2, 0.25) is 0 Å². The van der Waals surface area contributed by atoms with E-state index in [1.807, 2.05) is 0 Å². The lowest BCUT2D eigenvalue weighted by atomic mass is 10.0. The number of alkyl halides is 2. The van der Waals surface area contributed by atoms with E-state index >= 15 is 0 Å². The Balaban J connectivity index is 1.82. The SMILES string of the molecule is O=c1c2ccccc2c(-c2cccc3c2OC(F)(F)O3)nn1-c1ccc(F)cc1. The molecular weight excluding hydrogens is 385 g/mol. The molecule has 1 aliphatic rings. The van der Waals surface area contributed by atoms with E-state index in [1.165, 1.54) is 36.4 Å². The van der Waals surface area contributed by atoms with Crippen molar-refractivity contribution in [2.75, 3.05) is 0 Å². The van der Waals surface area contributed by atoms with Gasteiger partial charge >= 0.3 is 6.29 Å². The van der Waals surface area contributed by atoms with Crippen LogP contribution < -0.4 is 15.0 Å². The molecule has 5 nitrogen and oxygen atoms in total. The van der Waals surface area contributed by atoms with Gasteiger partial charge in [-0.25, -0.2) is 4.39 Å². The Morgan fingerprint density at radius 1 is 0.862 bits per heavy atom. The third-order valence-corrected chi connectivity index (χ3v) is 4.56. The number of ether oxygens (including phenoxy) is 2. The monoisotopic (exact) mass is 396 g/mol. The zero-order valence-electron chi connectivity index (χ0n) is 14.6. The lowest BCUT2D eigenvalue weighted by Crippen LogP contribution is -2.26. The summed E-state index contributed by atoms with van der Waals surface area (Å²) < 4.78 is 50.9. The number of para-hydroxylation sites is 1. The Labute approximate surface area is 161 Å². The van der Waals surface area contributed by atoms with E-state index in [0.717, 1.165) is 4.68 Å². The average Bonchev–Trinajstić information content (AvgIpc) is 3.03. The second-order valence-electron chi connectivity index (χ2n) is 6.39. The highest BCUT2D eigenvalue weighted by molar-refractivity contribution is 5.96. The smallest absolute Gasteiger partial charge is 0.395 e. The lowest BCUT2D eigenvalue weighted by Gasteiger charge is -2.13. The Hall–Kier alpha value is -3.81. The Morgan fingerprint density at radius 3 is 2.34 bits per heavy atom. The minimum absolute atomic E-state index is 0.127. The van der Waals surface area contributed by atoms with Crippen LogP contribution in [0.25, 0.3) is 27.7 Å². The summed E-state index contributed by atoms with van der Waals surface area (Å²) in [6.45, 7) is 0. The highest BCUT2D eigenvalue weighted by atomic mass is 19.3. The van der Waals surface area contributed by atoms with Crippen LogP contribution in [0.15, 0.2) is 71.5 Å². The van der Waals surface area contributed by atoms with Crippen LogP contribution in [-0.2, 0) is 0 Å². The fourth-order valence-corrected chi connectivity index (χ4v) is 3.30. The van der Waals surface area contributed by atoms with Gasteiger partial charge in [0.1, 0.15) is 11.5 Å². The third kappa shape index (κ3) is 2.80. The van der Waals surface area contributed by atoms with Crippen LogP contribution in [0.1, 0.15) is 0 Å². The maximum absolute atomic E-state index is 13.6. The molecule has 0 amide bonds. The molecule has 0 bridgehead atoms. The quantitative estimate of drug-likeness (QED) is 0.500. The summed E-state index contributed by atoms with van der Waals surface area (Å²) in [7, 11) is 0. The van der Waals surface area contributed by atoms with Crippen LogP contribution in [0.2, 0.25) is 0 Å². The molecule has 0 spiro atoms. The van der Waals surface area contributed by atoms with Crippen LogP contribution in [0.4, 0.5) is 13.2 Å². The molecule has 2 heterocycles. The van der Waals surface area contributed by atoms with Gasteiger partial charge in [0, 0.05) is 10.9 Å². The zero-order valence-corrected chi connectivity index (χ0v) is 14.6. The van der Waals surface area contributed by atoms with Crippen LogP contribution in [-0.4, -0.2) is 16.1 Å². The minimum atomic E-state index is -3.79. The van der Waals surface area contributed by atoms with Crippen LogP contribution in [0.5, 0.6) is 11.5 Å². The van der Waals surface area contributed by atoms with Gasteiger partial charge in [-0.15, -0.1) is 8.78 Å². The molecule has 5 rings (SSSR count). The molecule has 0 N–H and O–H groups in total. The molecule has 0 fully saturated rings. The first kappa shape index (κ1) is 17.3. The fourth-order valence-electron chi connectivity index (χ4n) is 3.30. The average molecular weight is 396 g/mol. The van der Waals surface area contributed by atoms with Crippen molar-refractivity contribution in [3.63, 3.8) is 0 Å². The van der Waals surface area contributed by atoms with Gasteiger partial charge in [-0.05, 0) is 42.5 Å². The molecule has 0 atom stereocenters. The van der Waals surface area contributed by atoms with Crippen molar-refractivity contribution in [1.82, 2.24) is 9.78 Å². The number of hydrogen-bond donors (Lipinski definition) is 0. The molecule has 1 aromatic heterocycles. The van der Waals surface area contributed by atoms with Gasteiger partial charge in [-0.1, -0.05) is 24.3 Å². The van der Waals surface area contributed by atoms with Gasteiger partial charge in [-0.3, -0.25) is 4.79 Å². The topological polar surface area (TPSA) is 53.4 Å². The summed E-state index contributed by atoms with van der Waals surface area (Å²) in [5.74, 6) is -0.756. The molecule has 0 aliphatic carbocycles.